The highest BCUT2D eigenvalue weighted by atomic mass is 31.2. The number of furan rings is 1. The minimum Gasteiger partial charge on any atom is -0.451 e. The summed E-state index contributed by atoms with van der Waals surface area (Å²) in [6.07, 6.45) is 2.62. The fourth-order valence-corrected chi connectivity index (χ4v) is 4.60. The molecule has 0 radical (unpaired) electrons. The van der Waals surface area contributed by atoms with E-state index in [1.807, 2.05) is 6.92 Å². The van der Waals surface area contributed by atoms with Crippen molar-refractivity contribution >= 4 is 31.2 Å². The van der Waals surface area contributed by atoms with Crippen molar-refractivity contribution in [3.05, 3.63) is 47.2 Å². The average Bonchev–Trinajstić information content (AvgIpc) is 3.41. The number of hydroxylamine groups is 1. The predicted molar refractivity (Wildman–Crippen MR) is 145 cm³/mol. The smallest absolute Gasteiger partial charge is 0.344 e. The first kappa shape index (κ1) is 32.7. The Kier molecular flexibility index (Phi) is 12.5. The van der Waals surface area contributed by atoms with E-state index in [1.54, 1.807) is 37.5 Å². The van der Waals surface area contributed by atoms with Crippen LogP contribution in [-0.2, 0) is 14.2 Å². The van der Waals surface area contributed by atoms with E-state index in [-0.39, 0.29) is 18.0 Å². The molecule has 0 unspecified atom stereocenters. The molecule has 0 spiro atoms. The van der Waals surface area contributed by atoms with Crippen LogP contribution in [0.1, 0.15) is 72.4 Å². The summed E-state index contributed by atoms with van der Waals surface area (Å²) in [4.78, 5) is 67.6. The Labute approximate surface area is 232 Å². The third-order valence-corrected chi connectivity index (χ3v) is 6.94. The van der Waals surface area contributed by atoms with Gasteiger partial charge in [0.1, 0.15) is 12.0 Å². The van der Waals surface area contributed by atoms with E-state index < -0.39 is 49.3 Å². The van der Waals surface area contributed by atoms with Crippen molar-refractivity contribution in [2.75, 3.05) is 13.0 Å². The molecule has 4 amide bonds. The van der Waals surface area contributed by atoms with Crippen molar-refractivity contribution in [2.24, 2.45) is 11.8 Å². The van der Waals surface area contributed by atoms with E-state index in [0.29, 0.717) is 29.7 Å². The first-order valence-electron chi connectivity index (χ1n) is 12.9. The third-order valence-electron chi connectivity index (χ3n) is 6.37. The van der Waals surface area contributed by atoms with E-state index in [4.69, 9.17) is 19.4 Å². The summed E-state index contributed by atoms with van der Waals surface area (Å²) in [5, 5.41) is 16.4. The zero-order valence-corrected chi connectivity index (χ0v) is 23.6. The Hall–Kier alpha value is -3.51. The Morgan fingerprint density at radius 2 is 1.65 bits per heavy atom. The number of hydrogen-bond acceptors (Lipinski definition) is 7. The lowest BCUT2D eigenvalue weighted by atomic mass is 9.84. The van der Waals surface area contributed by atoms with Crippen LogP contribution >= 0.6 is 7.60 Å². The number of rotatable bonds is 15. The van der Waals surface area contributed by atoms with Crippen LogP contribution in [0, 0.1) is 18.8 Å². The minimum atomic E-state index is -4.39. The standard InChI is InChI=1S/C26H37N4O9P/c1-4-6-7-8-20(18(5-2)25(33)30-35)24(32)27-14-28-26(34)22-12-11-21(39-22)17-9-10-19(16(3)13-17)23(31)29-15-40(36,37)38/h9-13,18,20,35H,4-8,14-15H2,1-3H3,(H,27,32)(H,28,34)(H,29,31)(H,30,33)(H2,36,37,38)/t18-,20-/m1/s1. The van der Waals surface area contributed by atoms with Crippen LogP contribution in [-0.4, -0.2) is 51.6 Å². The van der Waals surface area contributed by atoms with Gasteiger partial charge in [0.2, 0.25) is 11.8 Å². The monoisotopic (exact) mass is 580 g/mol. The van der Waals surface area contributed by atoms with E-state index in [0.717, 1.165) is 19.3 Å². The fourth-order valence-electron chi connectivity index (χ4n) is 4.25. The molecule has 40 heavy (non-hydrogen) atoms. The summed E-state index contributed by atoms with van der Waals surface area (Å²) in [6.45, 7) is 5.23. The maximum atomic E-state index is 12.8. The molecule has 2 atom stereocenters. The van der Waals surface area contributed by atoms with E-state index in [2.05, 4.69) is 16.0 Å². The first-order valence-corrected chi connectivity index (χ1v) is 14.7. The van der Waals surface area contributed by atoms with Crippen molar-refractivity contribution in [2.45, 2.75) is 52.9 Å². The Morgan fingerprint density at radius 3 is 2.25 bits per heavy atom. The second-order valence-corrected chi connectivity index (χ2v) is 11.0. The van der Waals surface area contributed by atoms with Crippen molar-refractivity contribution in [3.63, 3.8) is 0 Å². The number of carbonyl (C=O) groups excluding carboxylic acids is 4. The second kappa shape index (κ2) is 15.3. The van der Waals surface area contributed by atoms with Crippen molar-refractivity contribution in [1.82, 2.24) is 21.4 Å². The molecule has 0 aliphatic carbocycles. The molecule has 0 saturated heterocycles. The lowest BCUT2D eigenvalue weighted by Crippen LogP contribution is -2.44. The van der Waals surface area contributed by atoms with Gasteiger partial charge in [0.15, 0.2) is 5.76 Å². The van der Waals surface area contributed by atoms with Gasteiger partial charge < -0.3 is 30.2 Å². The molecule has 2 aromatic rings. The zero-order valence-electron chi connectivity index (χ0n) is 22.7. The molecular formula is C26H37N4O9P. The summed E-state index contributed by atoms with van der Waals surface area (Å²) >= 11 is 0. The maximum Gasteiger partial charge on any atom is 0.344 e. The largest absolute Gasteiger partial charge is 0.451 e. The highest BCUT2D eigenvalue weighted by molar-refractivity contribution is 7.51. The molecule has 0 saturated carbocycles. The second-order valence-electron chi connectivity index (χ2n) is 9.34. The minimum absolute atomic E-state index is 0.0176. The van der Waals surface area contributed by atoms with Crippen LogP contribution in [0.3, 0.4) is 0 Å². The van der Waals surface area contributed by atoms with Crippen molar-refractivity contribution in [1.29, 1.82) is 0 Å². The molecule has 0 bridgehead atoms. The van der Waals surface area contributed by atoms with Gasteiger partial charge in [-0.15, -0.1) is 0 Å². The van der Waals surface area contributed by atoms with Crippen LogP contribution in [0.4, 0.5) is 0 Å². The molecule has 2 rings (SSSR count). The molecule has 1 aromatic carbocycles. The van der Waals surface area contributed by atoms with Gasteiger partial charge in [0.05, 0.1) is 12.6 Å². The maximum absolute atomic E-state index is 12.8. The number of amides is 4. The molecule has 0 aliphatic heterocycles. The van der Waals surface area contributed by atoms with Gasteiger partial charge in [-0.3, -0.25) is 29.0 Å². The van der Waals surface area contributed by atoms with Gasteiger partial charge in [-0.05, 0) is 49.6 Å². The summed E-state index contributed by atoms with van der Waals surface area (Å²) in [5.41, 5.74) is 2.95. The number of unbranched alkanes of at least 4 members (excludes halogenated alkanes) is 2. The molecule has 14 heteroatoms. The molecule has 13 nitrogen and oxygen atoms in total. The molecule has 1 aromatic heterocycles. The lowest BCUT2D eigenvalue weighted by Gasteiger charge is -2.24. The van der Waals surface area contributed by atoms with E-state index >= 15 is 0 Å². The van der Waals surface area contributed by atoms with Crippen LogP contribution < -0.4 is 21.4 Å². The number of carbonyl (C=O) groups is 4. The summed E-state index contributed by atoms with van der Waals surface area (Å²) in [7, 11) is -4.39. The topological polar surface area (TPSA) is 207 Å². The van der Waals surface area contributed by atoms with Gasteiger partial charge in [-0.1, -0.05) is 39.2 Å². The zero-order chi connectivity index (χ0) is 29.9. The summed E-state index contributed by atoms with van der Waals surface area (Å²) < 4.78 is 16.6. The van der Waals surface area contributed by atoms with E-state index in [1.165, 1.54) is 12.1 Å². The highest BCUT2D eigenvalue weighted by Gasteiger charge is 2.32. The number of aryl methyl sites for hydroxylation is 1. The van der Waals surface area contributed by atoms with Gasteiger partial charge in [0.25, 0.3) is 11.8 Å². The Bertz CT molecular complexity index is 1240. The average molecular weight is 581 g/mol. The predicted octanol–water partition coefficient (Wildman–Crippen LogP) is 2.65. The van der Waals surface area contributed by atoms with Crippen LogP contribution in [0.15, 0.2) is 34.7 Å². The normalized spacial score (nSPS) is 12.8. The third kappa shape index (κ3) is 9.60. The SMILES string of the molecule is CCCCC[C@@H](C(=O)NCNC(=O)c1ccc(-c2ccc(C(=O)NCP(=O)(O)O)c(C)c2)o1)[C@@H](CC)C(=O)NO. The molecule has 220 valence electrons. The quantitative estimate of drug-likeness (QED) is 0.0542. The Balaban J connectivity index is 2.00. The Morgan fingerprint density at radius 1 is 0.925 bits per heavy atom. The molecular weight excluding hydrogens is 543 g/mol. The fraction of sp³-hybridized carbons (Fsp3) is 0.462. The van der Waals surface area contributed by atoms with Crippen LogP contribution in [0.25, 0.3) is 11.3 Å². The first-order chi connectivity index (χ1) is 18.9. The van der Waals surface area contributed by atoms with Gasteiger partial charge in [0, 0.05) is 17.0 Å². The van der Waals surface area contributed by atoms with Crippen LogP contribution in [0.5, 0.6) is 0 Å². The van der Waals surface area contributed by atoms with Gasteiger partial charge >= 0.3 is 7.60 Å². The number of benzene rings is 1. The van der Waals surface area contributed by atoms with Gasteiger partial charge in [-0.2, -0.15) is 0 Å². The van der Waals surface area contributed by atoms with Crippen LogP contribution in [0.2, 0.25) is 0 Å². The summed E-state index contributed by atoms with van der Waals surface area (Å²) in [5.74, 6) is -3.31. The molecule has 0 aliphatic rings. The van der Waals surface area contributed by atoms with E-state index in [9.17, 15) is 23.7 Å². The van der Waals surface area contributed by atoms with Gasteiger partial charge in [-0.25, -0.2) is 5.48 Å². The molecule has 7 N–H and O–H groups in total. The van der Waals surface area contributed by atoms with Crippen molar-refractivity contribution < 1.29 is 43.2 Å². The lowest BCUT2D eigenvalue weighted by molar-refractivity contribution is -0.140. The number of nitrogens with one attached hydrogen (secondary N) is 4. The highest BCUT2D eigenvalue weighted by Crippen LogP contribution is 2.32. The number of hydrogen-bond donors (Lipinski definition) is 7. The summed E-state index contributed by atoms with van der Waals surface area (Å²) in [6, 6.07) is 7.71. The van der Waals surface area contributed by atoms with Crippen molar-refractivity contribution in [3.8, 4) is 11.3 Å². The molecule has 0 fully saturated rings. The molecule has 1 heterocycles.